The molecular weight excluding hydrogens is 417 g/mol. The number of benzene rings is 2. The van der Waals surface area contributed by atoms with Crippen LogP contribution >= 0.6 is 11.6 Å². The van der Waals surface area contributed by atoms with Gasteiger partial charge in [0.25, 0.3) is 0 Å². The van der Waals surface area contributed by atoms with Crippen molar-refractivity contribution in [1.29, 1.82) is 0 Å². The monoisotopic (exact) mass is 434 g/mol. The van der Waals surface area contributed by atoms with Crippen LogP contribution in [-0.4, -0.2) is 26.6 Å². The number of nitrogens with zero attached hydrogens (tertiary/aromatic N) is 1. The van der Waals surface area contributed by atoms with Gasteiger partial charge in [-0.15, -0.1) is 0 Å². The van der Waals surface area contributed by atoms with E-state index in [2.05, 4.69) is 5.32 Å². The van der Waals surface area contributed by atoms with Crippen LogP contribution in [0.25, 0.3) is 0 Å². The van der Waals surface area contributed by atoms with E-state index in [1.807, 2.05) is 0 Å². The third kappa shape index (κ3) is 5.17. The molecule has 0 saturated heterocycles. The number of rotatable bonds is 5. The van der Waals surface area contributed by atoms with Crippen LogP contribution in [0.15, 0.2) is 42.5 Å². The fourth-order valence-corrected chi connectivity index (χ4v) is 3.93. The zero-order valence-electron chi connectivity index (χ0n) is 15.2. The summed E-state index contributed by atoms with van der Waals surface area (Å²) in [6.07, 6.45) is -3.83. The van der Waals surface area contributed by atoms with Crippen LogP contribution in [-0.2, 0) is 21.0 Å². The van der Waals surface area contributed by atoms with Gasteiger partial charge in [-0.3, -0.25) is 9.10 Å². The number of sulfonamides is 1. The average molecular weight is 435 g/mol. The first-order valence-electron chi connectivity index (χ1n) is 8.04. The summed E-state index contributed by atoms with van der Waals surface area (Å²) in [5.74, 6) is -0.715. The Labute approximate surface area is 166 Å². The van der Waals surface area contributed by atoms with Crippen LogP contribution in [0.2, 0.25) is 5.02 Å². The minimum atomic E-state index is -4.65. The lowest BCUT2D eigenvalue weighted by molar-refractivity contribution is -0.137. The van der Waals surface area contributed by atoms with Crippen LogP contribution in [0, 0.1) is 6.92 Å². The lowest BCUT2D eigenvalue weighted by Crippen LogP contribution is -2.45. The topological polar surface area (TPSA) is 66.5 Å². The van der Waals surface area contributed by atoms with Gasteiger partial charge in [-0.1, -0.05) is 23.7 Å². The molecule has 5 nitrogen and oxygen atoms in total. The molecule has 1 atom stereocenters. The smallest absolute Gasteiger partial charge is 0.324 e. The van der Waals surface area contributed by atoms with Gasteiger partial charge in [0.15, 0.2) is 0 Å². The van der Waals surface area contributed by atoms with Crippen LogP contribution in [0.4, 0.5) is 24.5 Å². The molecule has 1 N–H and O–H groups in total. The van der Waals surface area contributed by atoms with Crippen molar-refractivity contribution in [3.05, 3.63) is 58.6 Å². The largest absolute Gasteiger partial charge is 0.416 e. The van der Waals surface area contributed by atoms with E-state index in [4.69, 9.17) is 11.6 Å². The van der Waals surface area contributed by atoms with Crippen molar-refractivity contribution in [2.75, 3.05) is 15.9 Å². The second-order valence-corrected chi connectivity index (χ2v) is 8.53. The van der Waals surface area contributed by atoms with Crippen molar-refractivity contribution < 1.29 is 26.4 Å². The Balaban J connectivity index is 2.41. The molecule has 2 aromatic carbocycles. The third-order valence-electron chi connectivity index (χ3n) is 3.97. The number of aryl methyl sites for hydroxylation is 1. The van der Waals surface area contributed by atoms with Crippen LogP contribution in [0.1, 0.15) is 18.1 Å². The van der Waals surface area contributed by atoms with Gasteiger partial charge in [0.05, 0.1) is 17.5 Å². The van der Waals surface area contributed by atoms with Gasteiger partial charge in [0.2, 0.25) is 15.9 Å². The molecule has 0 aromatic heterocycles. The Morgan fingerprint density at radius 1 is 1.18 bits per heavy atom. The summed E-state index contributed by atoms with van der Waals surface area (Å²) in [4.78, 5) is 12.6. The van der Waals surface area contributed by atoms with E-state index in [0.29, 0.717) is 26.6 Å². The Hall–Kier alpha value is -2.26. The van der Waals surface area contributed by atoms with Gasteiger partial charge < -0.3 is 5.32 Å². The number of anilines is 2. The molecular formula is C18H18ClF3N2O3S. The SMILES string of the molecule is Cc1ccc(Cl)cc1NC(=O)C(C)N(c1cccc(C(F)(F)F)c1)S(C)(=O)=O. The maximum Gasteiger partial charge on any atom is 0.416 e. The molecule has 2 rings (SSSR count). The number of carbonyl (C=O) groups is 1. The molecule has 0 saturated carbocycles. The van der Waals surface area contributed by atoms with Gasteiger partial charge in [0.1, 0.15) is 6.04 Å². The molecule has 0 spiro atoms. The molecule has 0 bridgehead atoms. The first kappa shape index (κ1) is 22.0. The molecule has 0 aliphatic heterocycles. The van der Waals surface area contributed by atoms with Crippen molar-refractivity contribution in [3.63, 3.8) is 0 Å². The lowest BCUT2D eigenvalue weighted by atomic mass is 10.1. The molecule has 1 amide bonds. The number of nitrogens with one attached hydrogen (secondary N) is 1. The van der Waals surface area contributed by atoms with E-state index in [1.54, 1.807) is 19.1 Å². The fraction of sp³-hybridized carbons (Fsp3) is 0.278. The Morgan fingerprint density at radius 2 is 1.82 bits per heavy atom. The van der Waals surface area contributed by atoms with Crippen molar-refractivity contribution in [1.82, 2.24) is 0 Å². The van der Waals surface area contributed by atoms with Crippen molar-refractivity contribution >= 4 is 38.9 Å². The number of alkyl halides is 3. The number of carbonyl (C=O) groups excluding carboxylic acids is 1. The second-order valence-electron chi connectivity index (χ2n) is 6.23. The standard InChI is InChI=1S/C18H18ClF3N2O3S/c1-11-7-8-14(19)10-16(11)23-17(25)12(2)24(28(3,26)27)15-6-4-5-13(9-15)18(20,21)22/h4-10,12H,1-3H3,(H,23,25). The maximum absolute atomic E-state index is 13.0. The number of hydrogen-bond acceptors (Lipinski definition) is 3. The molecule has 0 aliphatic carbocycles. The first-order valence-corrected chi connectivity index (χ1v) is 10.3. The van der Waals surface area contributed by atoms with E-state index in [9.17, 15) is 26.4 Å². The summed E-state index contributed by atoms with van der Waals surface area (Å²) in [5.41, 5.74) is -0.212. The first-order chi connectivity index (χ1) is 12.8. The van der Waals surface area contributed by atoms with Crippen molar-refractivity contribution in [2.24, 2.45) is 0 Å². The Morgan fingerprint density at radius 3 is 2.39 bits per heavy atom. The molecule has 0 fully saturated rings. The van der Waals surface area contributed by atoms with Crippen LogP contribution < -0.4 is 9.62 Å². The highest BCUT2D eigenvalue weighted by Gasteiger charge is 2.34. The van der Waals surface area contributed by atoms with Crippen LogP contribution in [0.5, 0.6) is 0 Å². The number of amides is 1. The minimum Gasteiger partial charge on any atom is -0.324 e. The second kappa shape index (κ2) is 8.00. The Kier molecular flexibility index (Phi) is 6.30. The molecule has 10 heteroatoms. The summed E-state index contributed by atoms with van der Waals surface area (Å²) >= 11 is 5.91. The lowest BCUT2D eigenvalue weighted by Gasteiger charge is -2.29. The highest BCUT2D eigenvalue weighted by atomic mass is 35.5. The quantitative estimate of drug-likeness (QED) is 0.755. The highest BCUT2D eigenvalue weighted by Crippen LogP contribution is 2.33. The predicted octanol–water partition coefficient (Wildman–Crippen LogP) is 4.46. The van der Waals surface area contributed by atoms with Gasteiger partial charge >= 0.3 is 6.18 Å². The average Bonchev–Trinajstić information content (AvgIpc) is 2.56. The number of hydrogen-bond donors (Lipinski definition) is 1. The molecule has 0 aliphatic rings. The molecule has 0 radical (unpaired) electrons. The van der Waals surface area contributed by atoms with E-state index in [-0.39, 0.29) is 5.69 Å². The molecule has 152 valence electrons. The minimum absolute atomic E-state index is 0.261. The Bertz CT molecular complexity index is 994. The third-order valence-corrected chi connectivity index (χ3v) is 5.45. The summed E-state index contributed by atoms with van der Waals surface area (Å²) in [6, 6.07) is 7.28. The highest BCUT2D eigenvalue weighted by molar-refractivity contribution is 7.92. The maximum atomic E-state index is 13.0. The van der Waals surface area contributed by atoms with E-state index < -0.39 is 33.7 Å². The van der Waals surface area contributed by atoms with Crippen LogP contribution in [0.3, 0.4) is 0 Å². The van der Waals surface area contributed by atoms with Gasteiger partial charge in [-0.25, -0.2) is 8.42 Å². The normalized spacial score (nSPS) is 13.1. The molecule has 2 aromatic rings. The zero-order valence-corrected chi connectivity index (χ0v) is 16.8. The summed E-state index contributed by atoms with van der Waals surface area (Å²) < 4.78 is 64.2. The summed E-state index contributed by atoms with van der Waals surface area (Å²) in [7, 11) is -4.06. The van der Waals surface area contributed by atoms with E-state index >= 15 is 0 Å². The summed E-state index contributed by atoms with van der Waals surface area (Å²) in [6.45, 7) is 3.01. The van der Waals surface area contributed by atoms with Crippen molar-refractivity contribution in [2.45, 2.75) is 26.1 Å². The van der Waals surface area contributed by atoms with Gasteiger partial charge in [-0.05, 0) is 49.7 Å². The van der Waals surface area contributed by atoms with Gasteiger partial charge in [0, 0.05) is 10.7 Å². The van der Waals surface area contributed by atoms with Gasteiger partial charge in [-0.2, -0.15) is 13.2 Å². The van der Waals surface area contributed by atoms with E-state index in [1.165, 1.54) is 19.1 Å². The number of halogens is 4. The molecule has 0 heterocycles. The zero-order chi connectivity index (χ0) is 21.3. The van der Waals surface area contributed by atoms with E-state index in [0.717, 1.165) is 18.4 Å². The predicted molar refractivity (Wildman–Crippen MR) is 103 cm³/mol. The molecule has 1 unspecified atom stereocenters. The van der Waals surface area contributed by atoms with Crippen molar-refractivity contribution in [3.8, 4) is 0 Å². The molecule has 28 heavy (non-hydrogen) atoms. The summed E-state index contributed by atoms with van der Waals surface area (Å²) in [5, 5.41) is 2.93. The fourth-order valence-electron chi connectivity index (χ4n) is 2.59.